The van der Waals surface area contributed by atoms with Crippen molar-refractivity contribution in [2.24, 2.45) is 5.92 Å². The van der Waals surface area contributed by atoms with Gasteiger partial charge in [0.2, 0.25) is 11.8 Å². The van der Waals surface area contributed by atoms with Crippen LogP contribution in [0.4, 0.5) is 13.2 Å². The maximum Gasteiger partial charge on any atom is 0.391 e. The highest BCUT2D eigenvalue weighted by Crippen LogP contribution is 2.37. The van der Waals surface area contributed by atoms with Gasteiger partial charge in [0.15, 0.2) is 0 Å². The number of carbonyl (C=O) groups is 1. The summed E-state index contributed by atoms with van der Waals surface area (Å²) in [5.74, 6) is -1.01. The molecule has 31 heavy (non-hydrogen) atoms. The number of aryl methyl sites for hydroxylation is 1. The molecule has 1 aliphatic carbocycles. The molecule has 1 aliphatic rings. The molecule has 0 bridgehead atoms. The Morgan fingerprint density at radius 1 is 1.03 bits per heavy atom. The Morgan fingerprint density at radius 3 is 2.42 bits per heavy atom. The first-order valence-electron chi connectivity index (χ1n) is 10.2. The molecule has 0 spiro atoms. The fourth-order valence-corrected chi connectivity index (χ4v) is 3.89. The molecule has 0 radical (unpaired) electrons. The molecule has 4 rings (SSSR count). The van der Waals surface area contributed by atoms with Gasteiger partial charge in [-0.3, -0.25) is 4.79 Å². The van der Waals surface area contributed by atoms with Gasteiger partial charge in [-0.25, -0.2) is 0 Å². The lowest BCUT2D eigenvalue weighted by atomic mass is 9.85. The number of nitrogens with zero attached hydrogens (tertiary/aromatic N) is 2. The number of hydrogen-bond acceptors (Lipinski definition) is 4. The van der Waals surface area contributed by atoms with E-state index >= 15 is 0 Å². The van der Waals surface area contributed by atoms with Crippen molar-refractivity contribution < 1.29 is 22.4 Å². The lowest BCUT2D eigenvalue weighted by Gasteiger charge is -2.31. The van der Waals surface area contributed by atoms with Gasteiger partial charge < -0.3 is 9.73 Å². The standard InChI is InChI=1S/C23H22F3N3O2/c1-14-4-2-5-17(12-14)22-29-28-21(31-22)16-10-8-15(9-11-16)20(30)27-19-7-3-6-18(13-19)23(24,25)26/h2,4-5,8-12,18-19H,3,6-7,13H2,1H3,(H,27,30). The van der Waals surface area contributed by atoms with E-state index in [1.54, 1.807) is 24.3 Å². The normalized spacial score (nSPS) is 19.2. The van der Waals surface area contributed by atoms with E-state index in [-0.39, 0.29) is 18.7 Å². The number of aromatic nitrogens is 2. The van der Waals surface area contributed by atoms with Gasteiger partial charge in [-0.15, -0.1) is 10.2 Å². The van der Waals surface area contributed by atoms with E-state index in [0.29, 0.717) is 35.7 Å². The number of alkyl halides is 3. The first kappa shape index (κ1) is 21.1. The molecule has 1 amide bonds. The Hall–Kier alpha value is -3.16. The van der Waals surface area contributed by atoms with Crippen LogP contribution in [0.25, 0.3) is 22.9 Å². The van der Waals surface area contributed by atoms with Crippen molar-refractivity contribution >= 4 is 5.91 Å². The zero-order valence-electron chi connectivity index (χ0n) is 16.9. The van der Waals surface area contributed by atoms with Gasteiger partial charge in [-0.2, -0.15) is 13.2 Å². The van der Waals surface area contributed by atoms with Crippen LogP contribution >= 0.6 is 0 Å². The summed E-state index contributed by atoms with van der Waals surface area (Å²) >= 11 is 0. The topological polar surface area (TPSA) is 68.0 Å². The molecule has 0 aliphatic heterocycles. The van der Waals surface area contributed by atoms with Crippen LogP contribution in [-0.2, 0) is 0 Å². The van der Waals surface area contributed by atoms with Crippen LogP contribution in [0, 0.1) is 12.8 Å². The van der Waals surface area contributed by atoms with Crippen LogP contribution in [0.2, 0.25) is 0 Å². The molecule has 0 saturated heterocycles. The largest absolute Gasteiger partial charge is 0.416 e. The first-order chi connectivity index (χ1) is 14.8. The maximum absolute atomic E-state index is 13.0. The van der Waals surface area contributed by atoms with Gasteiger partial charge in [0.25, 0.3) is 5.91 Å². The van der Waals surface area contributed by atoms with Gasteiger partial charge in [0, 0.05) is 22.7 Å². The minimum atomic E-state index is -4.22. The van der Waals surface area contributed by atoms with Crippen LogP contribution in [0.3, 0.4) is 0 Å². The third-order valence-electron chi connectivity index (χ3n) is 5.56. The minimum Gasteiger partial charge on any atom is -0.416 e. The number of hydrogen-bond donors (Lipinski definition) is 1. The Labute approximate surface area is 177 Å². The fourth-order valence-electron chi connectivity index (χ4n) is 3.89. The van der Waals surface area contributed by atoms with Gasteiger partial charge in [0.05, 0.1) is 5.92 Å². The van der Waals surface area contributed by atoms with Crippen LogP contribution in [-0.4, -0.2) is 28.3 Å². The highest BCUT2D eigenvalue weighted by molar-refractivity contribution is 5.94. The predicted octanol–water partition coefficient (Wildman–Crippen LogP) is 5.56. The molecule has 1 saturated carbocycles. The summed E-state index contributed by atoms with van der Waals surface area (Å²) in [5.41, 5.74) is 2.92. The smallest absolute Gasteiger partial charge is 0.391 e. The second kappa shape index (κ2) is 8.53. The van der Waals surface area contributed by atoms with Crippen LogP contribution in [0.5, 0.6) is 0 Å². The van der Waals surface area contributed by atoms with E-state index in [1.165, 1.54) is 0 Å². The zero-order valence-corrected chi connectivity index (χ0v) is 16.9. The molecule has 5 nitrogen and oxygen atoms in total. The molecule has 2 atom stereocenters. The summed E-state index contributed by atoms with van der Waals surface area (Å²) in [6, 6.07) is 13.8. The van der Waals surface area contributed by atoms with Crippen LogP contribution < -0.4 is 5.32 Å². The number of benzene rings is 2. The van der Waals surface area contributed by atoms with Crippen molar-refractivity contribution in [1.29, 1.82) is 0 Å². The van der Waals surface area contributed by atoms with Crippen molar-refractivity contribution in [2.75, 3.05) is 0 Å². The zero-order chi connectivity index (χ0) is 22.0. The van der Waals surface area contributed by atoms with Gasteiger partial charge in [-0.05, 0) is 62.6 Å². The first-order valence-corrected chi connectivity index (χ1v) is 10.2. The number of rotatable bonds is 4. The highest BCUT2D eigenvalue weighted by atomic mass is 19.4. The SMILES string of the molecule is Cc1cccc(-c2nnc(-c3ccc(C(=O)NC4CCCC(C(F)(F)F)C4)cc3)o2)c1. The third-order valence-corrected chi connectivity index (χ3v) is 5.56. The van der Waals surface area contributed by atoms with Crippen molar-refractivity contribution in [3.63, 3.8) is 0 Å². The predicted molar refractivity (Wildman–Crippen MR) is 109 cm³/mol. The van der Waals surface area contributed by atoms with Gasteiger partial charge >= 0.3 is 6.18 Å². The molecule has 8 heteroatoms. The summed E-state index contributed by atoms with van der Waals surface area (Å²) < 4.78 is 44.7. The molecule has 1 aromatic heterocycles. The lowest BCUT2D eigenvalue weighted by molar-refractivity contribution is -0.183. The maximum atomic E-state index is 13.0. The summed E-state index contributed by atoms with van der Waals surface area (Å²) in [4.78, 5) is 12.5. The van der Waals surface area contributed by atoms with E-state index in [1.807, 2.05) is 31.2 Å². The lowest BCUT2D eigenvalue weighted by Crippen LogP contribution is -2.41. The average Bonchev–Trinajstić information content (AvgIpc) is 3.24. The van der Waals surface area contributed by atoms with Crippen molar-refractivity contribution in [2.45, 2.75) is 44.8 Å². The van der Waals surface area contributed by atoms with Gasteiger partial charge in [0.1, 0.15) is 0 Å². The summed E-state index contributed by atoms with van der Waals surface area (Å²) in [5, 5.41) is 10.9. The van der Waals surface area contributed by atoms with E-state index in [9.17, 15) is 18.0 Å². The molecule has 2 unspecified atom stereocenters. The monoisotopic (exact) mass is 429 g/mol. The number of nitrogens with one attached hydrogen (secondary N) is 1. The summed E-state index contributed by atoms with van der Waals surface area (Å²) in [7, 11) is 0. The number of amides is 1. The quantitative estimate of drug-likeness (QED) is 0.589. The second-order valence-electron chi connectivity index (χ2n) is 7.93. The van der Waals surface area contributed by atoms with Crippen LogP contribution in [0.15, 0.2) is 52.9 Å². The number of carbonyl (C=O) groups excluding carboxylic acids is 1. The van der Waals surface area contributed by atoms with Crippen molar-refractivity contribution in [3.05, 3.63) is 59.7 Å². The van der Waals surface area contributed by atoms with Crippen molar-refractivity contribution in [1.82, 2.24) is 15.5 Å². The molecule has 3 aromatic rings. The van der Waals surface area contributed by atoms with E-state index in [2.05, 4.69) is 15.5 Å². The van der Waals surface area contributed by atoms with E-state index < -0.39 is 18.1 Å². The van der Waals surface area contributed by atoms with E-state index in [0.717, 1.165) is 11.1 Å². The molecular formula is C23H22F3N3O2. The Kier molecular flexibility index (Phi) is 5.80. The fraction of sp³-hybridized carbons (Fsp3) is 0.348. The Morgan fingerprint density at radius 2 is 1.74 bits per heavy atom. The van der Waals surface area contributed by atoms with Crippen molar-refractivity contribution in [3.8, 4) is 22.9 Å². The summed E-state index contributed by atoms with van der Waals surface area (Å²) in [6.45, 7) is 1.97. The molecule has 1 heterocycles. The second-order valence-corrected chi connectivity index (χ2v) is 7.93. The molecule has 2 aromatic carbocycles. The van der Waals surface area contributed by atoms with Crippen LogP contribution in [0.1, 0.15) is 41.6 Å². The highest BCUT2D eigenvalue weighted by Gasteiger charge is 2.42. The third kappa shape index (κ3) is 4.95. The summed E-state index contributed by atoms with van der Waals surface area (Å²) in [6.07, 6.45) is -3.16. The average molecular weight is 429 g/mol. The number of halogens is 3. The molecule has 1 fully saturated rings. The molecule has 162 valence electrons. The van der Waals surface area contributed by atoms with Gasteiger partial charge in [-0.1, -0.05) is 24.1 Å². The Bertz CT molecular complexity index is 1060. The van der Waals surface area contributed by atoms with E-state index in [4.69, 9.17) is 4.42 Å². The minimum absolute atomic E-state index is 0.0724. The Balaban J connectivity index is 1.42. The molecule has 1 N–H and O–H groups in total. The molecular weight excluding hydrogens is 407 g/mol.